The van der Waals surface area contributed by atoms with E-state index in [9.17, 15) is 0 Å². The molecule has 3 nitrogen and oxygen atoms in total. The van der Waals surface area contributed by atoms with Crippen LogP contribution in [0.25, 0.3) is 22.7 Å². The SMILES string of the molecule is CCCN1CCc2c(c3cc(C)ccc3n2/C=C(\C)c2ccncc2)C1. The summed E-state index contributed by atoms with van der Waals surface area (Å²) < 4.78 is 2.43. The summed E-state index contributed by atoms with van der Waals surface area (Å²) in [5, 5.41) is 1.42. The van der Waals surface area contributed by atoms with Crippen LogP contribution in [0.5, 0.6) is 0 Å². The van der Waals surface area contributed by atoms with Crippen LogP contribution >= 0.6 is 0 Å². The maximum Gasteiger partial charge on any atom is 0.0529 e. The standard InChI is InChI=1S/C23H27N3/c1-4-12-25-13-9-23-21(16-25)20-14-17(2)5-6-22(20)26(23)15-18(3)19-7-10-24-11-8-19/h5-8,10-11,14-15H,4,9,12-13,16H2,1-3H3/b18-15+. The van der Waals surface area contributed by atoms with Crippen LogP contribution < -0.4 is 0 Å². The van der Waals surface area contributed by atoms with E-state index >= 15 is 0 Å². The van der Waals surface area contributed by atoms with Gasteiger partial charge in [-0.15, -0.1) is 0 Å². The second kappa shape index (κ2) is 7.08. The van der Waals surface area contributed by atoms with E-state index < -0.39 is 0 Å². The third kappa shape index (κ3) is 3.08. The Balaban J connectivity index is 1.85. The Morgan fingerprint density at radius 1 is 1.19 bits per heavy atom. The van der Waals surface area contributed by atoms with Crippen molar-refractivity contribution in [1.82, 2.24) is 14.5 Å². The highest BCUT2D eigenvalue weighted by Crippen LogP contribution is 2.33. The fraction of sp³-hybridized carbons (Fsp3) is 0.348. The molecule has 1 aliphatic rings. The largest absolute Gasteiger partial charge is 0.320 e. The van der Waals surface area contributed by atoms with Crippen molar-refractivity contribution in [1.29, 1.82) is 0 Å². The van der Waals surface area contributed by atoms with E-state index in [1.807, 2.05) is 12.4 Å². The van der Waals surface area contributed by atoms with E-state index in [2.05, 4.69) is 71.8 Å². The molecule has 0 atom stereocenters. The number of hydrogen-bond donors (Lipinski definition) is 0. The molecule has 0 saturated carbocycles. The monoisotopic (exact) mass is 345 g/mol. The van der Waals surface area contributed by atoms with Gasteiger partial charge in [-0.25, -0.2) is 0 Å². The molecule has 4 rings (SSSR count). The molecule has 26 heavy (non-hydrogen) atoms. The summed E-state index contributed by atoms with van der Waals surface area (Å²) in [6.45, 7) is 10.0. The number of aromatic nitrogens is 2. The Hall–Kier alpha value is -2.39. The lowest BCUT2D eigenvalue weighted by Gasteiger charge is -2.27. The van der Waals surface area contributed by atoms with Gasteiger partial charge >= 0.3 is 0 Å². The second-order valence-corrected chi connectivity index (χ2v) is 7.39. The molecule has 0 spiro atoms. The zero-order chi connectivity index (χ0) is 18.1. The van der Waals surface area contributed by atoms with E-state index in [0.717, 1.165) is 19.5 Å². The van der Waals surface area contributed by atoms with Crippen molar-refractivity contribution in [2.24, 2.45) is 0 Å². The molecule has 2 aromatic heterocycles. The number of aryl methyl sites for hydroxylation is 1. The number of pyridine rings is 1. The summed E-state index contributed by atoms with van der Waals surface area (Å²) in [5.41, 5.74) is 8.15. The van der Waals surface area contributed by atoms with Crippen molar-refractivity contribution in [3.05, 3.63) is 65.1 Å². The van der Waals surface area contributed by atoms with Gasteiger partial charge in [0, 0.05) is 49.2 Å². The average Bonchev–Trinajstić information content (AvgIpc) is 2.95. The number of allylic oxidation sites excluding steroid dienone is 1. The Kier molecular flexibility index (Phi) is 4.64. The fourth-order valence-corrected chi connectivity index (χ4v) is 4.10. The van der Waals surface area contributed by atoms with E-state index in [0.29, 0.717) is 0 Å². The summed E-state index contributed by atoms with van der Waals surface area (Å²) in [4.78, 5) is 6.73. The molecule has 3 heteroatoms. The minimum atomic E-state index is 1.07. The first-order valence-corrected chi connectivity index (χ1v) is 9.61. The first-order chi connectivity index (χ1) is 12.7. The van der Waals surface area contributed by atoms with E-state index in [4.69, 9.17) is 0 Å². The molecular weight excluding hydrogens is 318 g/mol. The lowest BCUT2D eigenvalue weighted by Crippen LogP contribution is -2.31. The lowest BCUT2D eigenvalue weighted by molar-refractivity contribution is 0.254. The topological polar surface area (TPSA) is 21.1 Å². The van der Waals surface area contributed by atoms with Gasteiger partial charge < -0.3 is 4.57 Å². The molecule has 134 valence electrons. The Labute approximate surface area is 156 Å². The maximum atomic E-state index is 4.14. The van der Waals surface area contributed by atoms with Crippen LogP contribution in [-0.4, -0.2) is 27.5 Å². The van der Waals surface area contributed by atoms with E-state index in [-0.39, 0.29) is 0 Å². The molecule has 0 unspecified atom stereocenters. The molecule has 1 aliphatic heterocycles. The van der Waals surface area contributed by atoms with E-state index in [1.54, 1.807) is 0 Å². The van der Waals surface area contributed by atoms with Gasteiger partial charge in [-0.05, 0) is 67.8 Å². The van der Waals surface area contributed by atoms with Crippen molar-refractivity contribution in [3.8, 4) is 0 Å². The quantitative estimate of drug-likeness (QED) is 0.653. The van der Waals surface area contributed by atoms with Crippen LogP contribution in [0.1, 0.15) is 42.7 Å². The van der Waals surface area contributed by atoms with Gasteiger partial charge in [0.1, 0.15) is 0 Å². The highest BCUT2D eigenvalue weighted by atomic mass is 15.1. The molecular formula is C23H27N3. The highest BCUT2D eigenvalue weighted by molar-refractivity contribution is 5.90. The first kappa shape index (κ1) is 17.0. The average molecular weight is 345 g/mol. The molecule has 0 N–H and O–H groups in total. The van der Waals surface area contributed by atoms with Crippen molar-refractivity contribution in [3.63, 3.8) is 0 Å². The minimum absolute atomic E-state index is 1.07. The first-order valence-electron chi connectivity index (χ1n) is 9.61. The molecule has 1 aromatic carbocycles. The predicted octanol–water partition coefficient (Wildman–Crippen LogP) is 5.13. The summed E-state index contributed by atoms with van der Waals surface area (Å²) in [6, 6.07) is 11.0. The van der Waals surface area contributed by atoms with Crippen molar-refractivity contribution >= 4 is 22.7 Å². The number of fused-ring (bicyclic) bond motifs is 3. The molecule has 0 saturated heterocycles. The highest BCUT2D eigenvalue weighted by Gasteiger charge is 2.23. The Morgan fingerprint density at radius 2 is 2.00 bits per heavy atom. The van der Waals surface area contributed by atoms with Crippen molar-refractivity contribution in [2.75, 3.05) is 13.1 Å². The number of benzene rings is 1. The van der Waals surface area contributed by atoms with Gasteiger partial charge in [0.05, 0.1) is 5.52 Å². The van der Waals surface area contributed by atoms with Crippen LogP contribution in [0.4, 0.5) is 0 Å². The smallest absolute Gasteiger partial charge is 0.0529 e. The van der Waals surface area contributed by atoms with Crippen LogP contribution in [0.2, 0.25) is 0 Å². The van der Waals surface area contributed by atoms with Crippen molar-refractivity contribution < 1.29 is 0 Å². The van der Waals surface area contributed by atoms with Crippen molar-refractivity contribution in [2.45, 2.75) is 40.2 Å². The molecule has 0 fully saturated rings. The van der Waals surface area contributed by atoms with Gasteiger partial charge in [-0.3, -0.25) is 9.88 Å². The van der Waals surface area contributed by atoms with Crippen LogP contribution in [0, 0.1) is 6.92 Å². The van der Waals surface area contributed by atoms with Crippen LogP contribution in [0.15, 0.2) is 42.7 Å². The Bertz CT molecular complexity index is 950. The van der Waals surface area contributed by atoms with Gasteiger partial charge in [-0.1, -0.05) is 18.6 Å². The van der Waals surface area contributed by atoms with Gasteiger partial charge in [-0.2, -0.15) is 0 Å². The number of hydrogen-bond acceptors (Lipinski definition) is 2. The molecule has 0 amide bonds. The molecule has 3 aromatic rings. The Morgan fingerprint density at radius 3 is 2.77 bits per heavy atom. The third-order valence-electron chi connectivity index (χ3n) is 5.42. The third-order valence-corrected chi connectivity index (χ3v) is 5.42. The van der Waals surface area contributed by atoms with Crippen LogP contribution in [0.3, 0.4) is 0 Å². The summed E-state index contributed by atoms with van der Waals surface area (Å²) in [7, 11) is 0. The fourth-order valence-electron chi connectivity index (χ4n) is 4.10. The summed E-state index contributed by atoms with van der Waals surface area (Å²) in [5.74, 6) is 0. The zero-order valence-corrected chi connectivity index (χ0v) is 16.0. The zero-order valence-electron chi connectivity index (χ0n) is 16.0. The summed E-state index contributed by atoms with van der Waals surface area (Å²) in [6.07, 6.45) is 8.36. The second-order valence-electron chi connectivity index (χ2n) is 7.39. The maximum absolute atomic E-state index is 4.14. The predicted molar refractivity (Wildman–Crippen MR) is 110 cm³/mol. The number of rotatable bonds is 4. The molecule has 0 bridgehead atoms. The van der Waals surface area contributed by atoms with Crippen LogP contribution in [-0.2, 0) is 13.0 Å². The molecule has 0 radical (unpaired) electrons. The van der Waals surface area contributed by atoms with Gasteiger partial charge in [0.2, 0.25) is 0 Å². The van der Waals surface area contributed by atoms with Gasteiger partial charge in [0.25, 0.3) is 0 Å². The van der Waals surface area contributed by atoms with E-state index in [1.165, 1.54) is 51.8 Å². The molecule has 3 heterocycles. The normalized spacial score (nSPS) is 15.4. The van der Waals surface area contributed by atoms with Gasteiger partial charge in [0.15, 0.2) is 0 Å². The summed E-state index contributed by atoms with van der Waals surface area (Å²) >= 11 is 0. The lowest BCUT2D eigenvalue weighted by atomic mass is 10.0. The number of nitrogens with zero attached hydrogens (tertiary/aromatic N) is 3. The molecule has 0 aliphatic carbocycles. The minimum Gasteiger partial charge on any atom is -0.320 e.